The number of benzene rings is 1. The number of aromatic nitrogens is 2. The summed E-state index contributed by atoms with van der Waals surface area (Å²) in [4.78, 5) is 22.1. The molecule has 1 saturated heterocycles. The highest BCUT2D eigenvalue weighted by Crippen LogP contribution is 2.16. The number of aryl methyl sites for hydroxylation is 1. The topological polar surface area (TPSA) is 49.0 Å². The molecule has 1 N–H and O–H groups in total. The number of H-pyrrole nitrogens is 1. The van der Waals surface area contributed by atoms with Gasteiger partial charge in [0.1, 0.15) is 5.82 Å². The summed E-state index contributed by atoms with van der Waals surface area (Å²) < 4.78 is 0. The second-order valence-corrected chi connectivity index (χ2v) is 5.51. The maximum absolute atomic E-state index is 12.3. The van der Waals surface area contributed by atoms with E-state index in [0.29, 0.717) is 6.42 Å². The smallest absolute Gasteiger partial charge is 0.226 e. The van der Waals surface area contributed by atoms with Crippen LogP contribution in [0.2, 0.25) is 0 Å². The van der Waals surface area contributed by atoms with Crippen molar-refractivity contribution in [3.8, 4) is 0 Å². The van der Waals surface area contributed by atoms with Crippen molar-refractivity contribution in [3.05, 3.63) is 29.6 Å². The summed E-state index contributed by atoms with van der Waals surface area (Å²) in [6.45, 7) is 3.93. The quantitative estimate of drug-likeness (QED) is 0.933. The average Bonchev–Trinajstić information content (AvgIpc) is 2.90. The molecule has 1 amide bonds. The molecular weight excluding hydrogens is 250 g/mol. The third-order valence-electron chi connectivity index (χ3n) is 3.99. The lowest BCUT2D eigenvalue weighted by Crippen LogP contribution is -2.36. The highest BCUT2D eigenvalue weighted by molar-refractivity contribution is 5.82. The van der Waals surface area contributed by atoms with Gasteiger partial charge in [0.05, 0.1) is 17.5 Å². The maximum atomic E-state index is 12.3. The summed E-state index contributed by atoms with van der Waals surface area (Å²) in [7, 11) is 0. The second-order valence-electron chi connectivity index (χ2n) is 5.51. The SMILES string of the molecule is CCc1nc2ccc(CC(=O)N3CCCCC3)cc2[nH]1. The minimum absolute atomic E-state index is 0.249. The van der Waals surface area contributed by atoms with Crippen molar-refractivity contribution in [3.63, 3.8) is 0 Å². The van der Waals surface area contributed by atoms with Gasteiger partial charge in [-0.25, -0.2) is 4.98 Å². The molecule has 1 aliphatic rings. The van der Waals surface area contributed by atoms with E-state index in [0.717, 1.165) is 54.8 Å². The van der Waals surface area contributed by atoms with Crippen LogP contribution in [0.25, 0.3) is 11.0 Å². The molecule has 0 spiro atoms. The molecule has 2 aromatic rings. The van der Waals surface area contributed by atoms with Crippen molar-refractivity contribution in [2.45, 2.75) is 39.0 Å². The molecule has 20 heavy (non-hydrogen) atoms. The minimum atomic E-state index is 0.249. The lowest BCUT2D eigenvalue weighted by molar-refractivity contribution is -0.131. The van der Waals surface area contributed by atoms with Gasteiger partial charge in [-0.05, 0) is 37.0 Å². The van der Waals surface area contributed by atoms with E-state index in [1.54, 1.807) is 0 Å². The van der Waals surface area contributed by atoms with Gasteiger partial charge in [-0.2, -0.15) is 0 Å². The Balaban J connectivity index is 1.74. The number of carbonyl (C=O) groups is 1. The lowest BCUT2D eigenvalue weighted by atomic mass is 10.1. The molecular formula is C16H21N3O. The normalized spacial score (nSPS) is 15.8. The number of amides is 1. The largest absolute Gasteiger partial charge is 0.342 e. The van der Waals surface area contributed by atoms with Crippen molar-refractivity contribution >= 4 is 16.9 Å². The number of nitrogens with zero attached hydrogens (tertiary/aromatic N) is 2. The number of hydrogen-bond acceptors (Lipinski definition) is 2. The van der Waals surface area contributed by atoms with Crippen molar-refractivity contribution in [1.82, 2.24) is 14.9 Å². The summed E-state index contributed by atoms with van der Waals surface area (Å²) in [5.41, 5.74) is 3.08. The van der Waals surface area contributed by atoms with Gasteiger partial charge in [0.25, 0.3) is 0 Å². The molecule has 2 heterocycles. The number of imidazole rings is 1. The maximum Gasteiger partial charge on any atom is 0.226 e. The molecule has 0 atom stereocenters. The lowest BCUT2D eigenvalue weighted by Gasteiger charge is -2.26. The number of nitrogens with one attached hydrogen (secondary N) is 1. The zero-order valence-corrected chi connectivity index (χ0v) is 12.0. The van der Waals surface area contributed by atoms with E-state index in [-0.39, 0.29) is 5.91 Å². The molecule has 4 nitrogen and oxygen atoms in total. The zero-order chi connectivity index (χ0) is 13.9. The second kappa shape index (κ2) is 5.65. The van der Waals surface area contributed by atoms with Gasteiger partial charge >= 0.3 is 0 Å². The van der Waals surface area contributed by atoms with E-state index < -0.39 is 0 Å². The number of rotatable bonds is 3. The van der Waals surface area contributed by atoms with Crippen molar-refractivity contribution < 1.29 is 4.79 Å². The third-order valence-corrected chi connectivity index (χ3v) is 3.99. The van der Waals surface area contributed by atoms with Gasteiger partial charge < -0.3 is 9.88 Å². The highest BCUT2D eigenvalue weighted by atomic mass is 16.2. The summed E-state index contributed by atoms with van der Waals surface area (Å²) in [6.07, 6.45) is 4.94. The third kappa shape index (κ3) is 2.69. The molecule has 1 fully saturated rings. The molecule has 4 heteroatoms. The molecule has 1 aliphatic heterocycles. The summed E-state index contributed by atoms with van der Waals surface area (Å²) in [5.74, 6) is 1.25. The van der Waals surface area contributed by atoms with E-state index in [4.69, 9.17) is 0 Å². The van der Waals surface area contributed by atoms with Crippen LogP contribution in [-0.4, -0.2) is 33.9 Å². The Morgan fingerprint density at radius 3 is 2.85 bits per heavy atom. The average molecular weight is 271 g/mol. The van der Waals surface area contributed by atoms with Gasteiger partial charge in [-0.3, -0.25) is 4.79 Å². The predicted molar refractivity (Wildman–Crippen MR) is 79.6 cm³/mol. The van der Waals surface area contributed by atoms with E-state index in [2.05, 4.69) is 23.0 Å². The van der Waals surface area contributed by atoms with Crippen LogP contribution in [-0.2, 0) is 17.6 Å². The predicted octanol–water partition coefficient (Wildman–Crippen LogP) is 2.68. The van der Waals surface area contributed by atoms with Crippen LogP contribution in [0.15, 0.2) is 18.2 Å². The minimum Gasteiger partial charge on any atom is -0.342 e. The number of aromatic amines is 1. The van der Waals surface area contributed by atoms with Crippen molar-refractivity contribution in [1.29, 1.82) is 0 Å². The first kappa shape index (κ1) is 13.2. The Labute approximate surface area is 119 Å². The molecule has 106 valence electrons. The fourth-order valence-electron chi connectivity index (χ4n) is 2.82. The number of piperidine rings is 1. The first-order valence-corrected chi connectivity index (χ1v) is 7.51. The first-order valence-electron chi connectivity index (χ1n) is 7.51. The van der Waals surface area contributed by atoms with E-state index in [1.807, 2.05) is 17.0 Å². The molecule has 1 aromatic carbocycles. The monoisotopic (exact) mass is 271 g/mol. The van der Waals surface area contributed by atoms with Crippen LogP contribution in [0.5, 0.6) is 0 Å². The molecule has 0 bridgehead atoms. The van der Waals surface area contributed by atoms with Crippen LogP contribution in [0.4, 0.5) is 0 Å². The van der Waals surface area contributed by atoms with Crippen molar-refractivity contribution in [2.24, 2.45) is 0 Å². The Kier molecular flexibility index (Phi) is 3.72. The Hall–Kier alpha value is -1.84. The van der Waals surface area contributed by atoms with Crippen LogP contribution in [0.3, 0.4) is 0 Å². The van der Waals surface area contributed by atoms with Crippen LogP contribution < -0.4 is 0 Å². The highest BCUT2D eigenvalue weighted by Gasteiger charge is 2.16. The number of fused-ring (bicyclic) bond motifs is 1. The van der Waals surface area contributed by atoms with Crippen LogP contribution in [0.1, 0.15) is 37.6 Å². The fourth-order valence-corrected chi connectivity index (χ4v) is 2.82. The summed E-state index contributed by atoms with van der Waals surface area (Å²) in [5, 5.41) is 0. The van der Waals surface area contributed by atoms with Gasteiger partial charge in [-0.1, -0.05) is 13.0 Å². The molecule has 0 saturated carbocycles. The van der Waals surface area contributed by atoms with Crippen LogP contribution in [0, 0.1) is 0 Å². The Morgan fingerprint density at radius 2 is 2.10 bits per heavy atom. The van der Waals surface area contributed by atoms with E-state index >= 15 is 0 Å². The molecule has 3 rings (SSSR count). The molecule has 0 radical (unpaired) electrons. The van der Waals surface area contributed by atoms with E-state index in [1.165, 1.54) is 6.42 Å². The number of hydrogen-bond donors (Lipinski definition) is 1. The molecule has 0 aliphatic carbocycles. The first-order chi connectivity index (χ1) is 9.76. The zero-order valence-electron chi connectivity index (χ0n) is 12.0. The molecule has 0 unspecified atom stereocenters. The van der Waals surface area contributed by atoms with Crippen LogP contribution >= 0.6 is 0 Å². The van der Waals surface area contributed by atoms with Gasteiger partial charge in [0.2, 0.25) is 5.91 Å². The van der Waals surface area contributed by atoms with Crippen molar-refractivity contribution in [2.75, 3.05) is 13.1 Å². The van der Waals surface area contributed by atoms with Gasteiger partial charge in [-0.15, -0.1) is 0 Å². The summed E-state index contributed by atoms with van der Waals surface area (Å²) in [6, 6.07) is 6.08. The van der Waals surface area contributed by atoms with E-state index in [9.17, 15) is 4.79 Å². The number of carbonyl (C=O) groups excluding carboxylic acids is 1. The Morgan fingerprint density at radius 1 is 1.30 bits per heavy atom. The fraction of sp³-hybridized carbons (Fsp3) is 0.500. The summed E-state index contributed by atoms with van der Waals surface area (Å²) >= 11 is 0. The standard InChI is InChI=1S/C16H21N3O/c1-2-15-17-13-7-6-12(10-14(13)18-15)11-16(20)19-8-4-3-5-9-19/h6-7,10H,2-5,8-9,11H2,1H3,(H,17,18). The Bertz CT molecular complexity index is 611. The van der Waals surface area contributed by atoms with Gasteiger partial charge in [0.15, 0.2) is 0 Å². The number of likely N-dealkylation sites (tertiary alicyclic amines) is 1. The molecule has 1 aromatic heterocycles. The van der Waals surface area contributed by atoms with Gasteiger partial charge in [0, 0.05) is 19.5 Å².